The zero-order chi connectivity index (χ0) is 14.1. The number of aryl methyl sites for hydroxylation is 1. The molecule has 0 atom stereocenters. The molecule has 0 aliphatic carbocycles. The maximum atomic E-state index is 6.31. The van der Waals surface area contributed by atoms with Gasteiger partial charge in [0, 0.05) is 5.39 Å². The third-order valence-electron chi connectivity index (χ3n) is 3.05. The second-order valence-electron chi connectivity index (χ2n) is 4.54. The molecule has 0 amide bonds. The van der Waals surface area contributed by atoms with Crippen LogP contribution >= 0.6 is 34.5 Å². The summed E-state index contributed by atoms with van der Waals surface area (Å²) >= 11 is 13.7. The van der Waals surface area contributed by atoms with Crippen molar-refractivity contribution < 1.29 is 0 Å². The van der Waals surface area contributed by atoms with E-state index in [1.54, 1.807) is 0 Å². The second-order valence-corrected chi connectivity index (χ2v) is 6.62. The van der Waals surface area contributed by atoms with Crippen molar-refractivity contribution in [1.29, 1.82) is 0 Å². The highest BCUT2D eigenvalue weighted by atomic mass is 35.5. The van der Waals surface area contributed by atoms with Gasteiger partial charge in [0.1, 0.15) is 5.15 Å². The lowest BCUT2D eigenvalue weighted by molar-refractivity contribution is 0.923. The number of hydrogen-bond donors (Lipinski definition) is 0. The summed E-state index contributed by atoms with van der Waals surface area (Å²) in [6.07, 6.45) is 2.14. The number of halogens is 2. The molecule has 0 N–H and O–H groups in total. The molecule has 0 aliphatic rings. The van der Waals surface area contributed by atoms with Gasteiger partial charge in [-0.1, -0.05) is 42.6 Å². The molecule has 0 bridgehead atoms. The molecule has 0 fully saturated rings. The normalized spacial score (nSPS) is 11.2. The van der Waals surface area contributed by atoms with Crippen LogP contribution in [0.1, 0.15) is 18.9 Å². The number of fused-ring (bicyclic) bond motifs is 1. The smallest absolute Gasteiger partial charge is 0.171 e. The summed E-state index contributed by atoms with van der Waals surface area (Å²) in [5.41, 5.74) is 2.13. The predicted octanol–water partition coefficient (Wildman–Crippen LogP) is 5.62. The number of hydrogen-bond acceptors (Lipinski definition) is 3. The molecule has 2 aromatic heterocycles. The number of thiophene rings is 1. The van der Waals surface area contributed by atoms with Gasteiger partial charge in [-0.25, -0.2) is 9.97 Å². The number of rotatable bonds is 3. The second kappa shape index (κ2) is 5.68. The Hall–Kier alpha value is -1.16. The van der Waals surface area contributed by atoms with Gasteiger partial charge in [-0.05, 0) is 36.2 Å². The lowest BCUT2D eigenvalue weighted by Crippen LogP contribution is -1.92. The van der Waals surface area contributed by atoms with Crippen molar-refractivity contribution in [3.05, 3.63) is 45.4 Å². The fourth-order valence-electron chi connectivity index (χ4n) is 2.13. The summed E-state index contributed by atoms with van der Waals surface area (Å²) in [4.78, 5) is 9.90. The number of aromatic nitrogens is 2. The Morgan fingerprint density at radius 3 is 2.65 bits per heavy atom. The van der Waals surface area contributed by atoms with Gasteiger partial charge < -0.3 is 0 Å². The first kappa shape index (κ1) is 13.8. The Labute approximate surface area is 131 Å². The summed E-state index contributed by atoms with van der Waals surface area (Å²) in [5.74, 6) is 0.627. The van der Waals surface area contributed by atoms with E-state index in [1.807, 2.05) is 18.2 Å². The van der Waals surface area contributed by atoms with Gasteiger partial charge in [0.25, 0.3) is 0 Å². The molecule has 3 aromatic rings. The highest BCUT2D eigenvalue weighted by Gasteiger charge is 2.10. The van der Waals surface area contributed by atoms with Crippen LogP contribution in [-0.2, 0) is 6.42 Å². The van der Waals surface area contributed by atoms with Crippen LogP contribution in [0.5, 0.6) is 0 Å². The van der Waals surface area contributed by atoms with Crippen LogP contribution in [0.25, 0.3) is 21.6 Å². The van der Waals surface area contributed by atoms with E-state index in [0.717, 1.165) is 33.0 Å². The monoisotopic (exact) mass is 322 g/mol. The molecule has 102 valence electrons. The van der Waals surface area contributed by atoms with Crippen LogP contribution in [-0.4, -0.2) is 9.97 Å². The van der Waals surface area contributed by atoms with Crippen LogP contribution in [0.15, 0.2) is 30.3 Å². The van der Waals surface area contributed by atoms with Gasteiger partial charge >= 0.3 is 0 Å². The molecule has 20 heavy (non-hydrogen) atoms. The van der Waals surface area contributed by atoms with E-state index in [9.17, 15) is 0 Å². The summed E-state index contributed by atoms with van der Waals surface area (Å²) in [5, 5.41) is 1.40. The van der Waals surface area contributed by atoms with E-state index in [2.05, 4.69) is 29.0 Å². The Kier molecular flexibility index (Phi) is 3.92. The fourth-order valence-corrected chi connectivity index (χ4v) is 3.34. The minimum Gasteiger partial charge on any atom is -0.227 e. The van der Waals surface area contributed by atoms with Gasteiger partial charge in [0.05, 0.1) is 14.7 Å². The highest BCUT2D eigenvalue weighted by molar-refractivity contribution is 7.19. The molecule has 5 heteroatoms. The zero-order valence-electron chi connectivity index (χ0n) is 10.9. The Balaban J connectivity index is 2.12. The average molecular weight is 323 g/mol. The molecule has 2 heterocycles. The molecule has 0 saturated carbocycles. The van der Waals surface area contributed by atoms with Gasteiger partial charge in [0.15, 0.2) is 5.82 Å². The molecule has 0 saturated heterocycles. The lowest BCUT2D eigenvalue weighted by atomic mass is 10.1. The van der Waals surface area contributed by atoms with Crippen molar-refractivity contribution >= 4 is 45.4 Å². The predicted molar refractivity (Wildman–Crippen MR) is 86.9 cm³/mol. The van der Waals surface area contributed by atoms with E-state index < -0.39 is 0 Å². The van der Waals surface area contributed by atoms with E-state index in [0.29, 0.717) is 11.0 Å². The topological polar surface area (TPSA) is 25.8 Å². The summed E-state index contributed by atoms with van der Waals surface area (Å²) in [6, 6.07) is 9.93. The van der Waals surface area contributed by atoms with Crippen LogP contribution in [0.2, 0.25) is 9.49 Å². The van der Waals surface area contributed by atoms with E-state index in [4.69, 9.17) is 23.2 Å². The molecular formula is C15H12Cl2N2S. The van der Waals surface area contributed by atoms with Crippen molar-refractivity contribution in [3.8, 4) is 10.7 Å². The lowest BCUT2D eigenvalue weighted by Gasteiger charge is -2.05. The highest BCUT2D eigenvalue weighted by Crippen LogP contribution is 2.31. The Morgan fingerprint density at radius 2 is 1.95 bits per heavy atom. The average Bonchev–Trinajstić information content (AvgIpc) is 2.86. The Morgan fingerprint density at radius 1 is 1.10 bits per heavy atom. The largest absolute Gasteiger partial charge is 0.227 e. The molecule has 1 aromatic carbocycles. The van der Waals surface area contributed by atoms with Crippen LogP contribution in [0.4, 0.5) is 0 Å². The SMILES string of the molecule is CCCc1ccc2nc(-c3ccc(Cl)s3)nc(Cl)c2c1. The number of nitrogens with zero attached hydrogens (tertiary/aromatic N) is 2. The molecule has 0 unspecified atom stereocenters. The molecule has 3 rings (SSSR count). The van der Waals surface area contributed by atoms with Crippen LogP contribution in [0.3, 0.4) is 0 Å². The molecule has 0 spiro atoms. The first-order chi connectivity index (χ1) is 9.67. The van der Waals surface area contributed by atoms with Crippen molar-refractivity contribution in [2.75, 3.05) is 0 Å². The van der Waals surface area contributed by atoms with E-state index in [-0.39, 0.29) is 0 Å². The first-order valence-electron chi connectivity index (χ1n) is 6.39. The third-order valence-corrected chi connectivity index (χ3v) is 4.56. The maximum absolute atomic E-state index is 6.31. The minimum absolute atomic E-state index is 0.493. The standard InChI is InChI=1S/C15H12Cl2N2S/c1-2-3-9-4-5-11-10(8-9)14(17)19-15(18-11)12-6-7-13(16)20-12/h4-8H,2-3H2,1H3. The van der Waals surface area contributed by atoms with Crippen molar-refractivity contribution in [1.82, 2.24) is 9.97 Å². The molecule has 0 radical (unpaired) electrons. The fraction of sp³-hybridized carbons (Fsp3) is 0.200. The van der Waals surface area contributed by atoms with Gasteiger partial charge in [0.2, 0.25) is 0 Å². The first-order valence-corrected chi connectivity index (χ1v) is 7.96. The van der Waals surface area contributed by atoms with Gasteiger partial charge in [-0.2, -0.15) is 0 Å². The van der Waals surface area contributed by atoms with Gasteiger partial charge in [-0.3, -0.25) is 0 Å². The zero-order valence-corrected chi connectivity index (χ0v) is 13.2. The van der Waals surface area contributed by atoms with E-state index in [1.165, 1.54) is 16.9 Å². The Bertz CT molecular complexity index is 768. The third kappa shape index (κ3) is 2.66. The van der Waals surface area contributed by atoms with Crippen LogP contribution < -0.4 is 0 Å². The van der Waals surface area contributed by atoms with Crippen LogP contribution in [0, 0.1) is 0 Å². The van der Waals surface area contributed by atoms with Crippen molar-refractivity contribution in [2.24, 2.45) is 0 Å². The molecular weight excluding hydrogens is 311 g/mol. The van der Waals surface area contributed by atoms with E-state index >= 15 is 0 Å². The minimum atomic E-state index is 0.493. The maximum Gasteiger partial charge on any atom is 0.171 e. The molecule has 2 nitrogen and oxygen atoms in total. The van der Waals surface area contributed by atoms with Gasteiger partial charge in [-0.15, -0.1) is 11.3 Å². The number of benzene rings is 1. The summed E-state index contributed by atoms with van der Waals surface area (Å²) in [6.45, 7) is 2.16. The quantitative estimate of drug-likeness (QED) is 0.585. The molecule has 0 aliphatic heterocycles. The summed E-state index contributed by atoms with van der Waals surface area (Å²) in [7, 11) is 0. The summed E-state index contributed by atoms with van der Waals surface area (Å²) < 4.78 is 0.720. The van der Waals surface area contributed by atoms with Crippen molar-refractivity contribution in [3.63, 3.8) is 0 Å². The van der Waals surface area contributed by atoms with Crippen molar-refractivity contribution in [2.45, 2.75) is 19.8 Å².